The summed E-state index contributed by atoms with van der Waals surface area (Å²) in [4.78, 5) is 15.8. The number of primary amides is 1. The van der Waals surface area contributed by atoms with Crippen LogP contribution in [0.1, 0.15) is 33.5 Å². The molecule has 1 aliphatic rings. The van der Waals surface area contributed by atoms with Crippen LogP contribution in [0.2, 0.25) is 0 Å². The van der Waals surface area contributed by atoms with Gasteiger partial charge in [0, 0.05) is 23.3 Å². The number of benzene rings is 2. The molecule has 2 aromatic carbocycles. The quantitative estimate of drug-likeness (QED) is 0.496. The van der Waals surface area contributed by atoms with Gasteiger partial charge in [-0.15, -0.1) is 11.8 Å². The fraction of sp³-hybridized carbons (Fsp3) is 0.200. The van der Waals surface area contributed by atoms with Crippen LogP contribution in [-0.4, -0.2) is 30.2 Å². The van der Waals surface area contributed by atoms with Gasteiger partial charge < -0.3 is 20.9 Å². The van der Waals surface area contributed by atoms with Crippen LogP contribution in [0.4, 0.5) is 5.82 Å². The number of pyridine rings is 1. The molecule has 0 spiro atoms. The lowest BCUT2D eigenvalue weighted by molar-refractivity contribution is 0.1000. The molecule has 8 nitrogen and oxygen atoms in total. The summed E-state index contributed by atoms with van der Waals surface area (Å²) in [5.74, 6) is 0.653. The number of hydrogen-bond donors (Lipinski definition) is 2. The first-order valence-corrected chi connectivity index (χ1v) is 11.5. The van der Waals surface area contributed by atoms with E-state index in [1.165, 1.54) is 11.8 Å². The van der Waals surface area contributed by atoms with E-state index in [0.717, 1.165) is 12.0 Å². The number of thioether (sulfide) groups is 1. The molecule has 34 heavy (non-hydrogen) atoms. The normalized spacial score (nSPS) is 14.8. The van der Waals surface area contributed by atoms with E-state index >= 15 is 0 Å². The van der Waals surface area contributed by atoms with Gasteiger partial charge >= 0.3 is 0 Å². The molecule has 1 aromatic heterocycles. The number of anilines is 1. The second-order valence-electron chi connectivity index (χ2n) is 7.63. The lowest BCUT2D eigenvalue weighted by atomic mass is 9.97. The van der Waals surface area contributed by atoms with Crippen LogP contribution >= 0.6 is 11.8 Å². The van der Waals surface area contributed by atoms with Crippen LogP contribution in [0, 0.1) is 22.7 Å². The Labute approximate surface area is 201 Å². The standard InChI is InChI=1S/C25H21N5O3S/c26-11-20-22(16-4-6-18(7-5-16)33-19-8-9-32-13-19)21(12-27)25(30-23(20)28)34-14-15-2-1-3-17(10-15)24(29)31/h1-7,10,19H,8-9,13-14H2,(H2,28,30)(H2,29,31). The lowest BCUT2D eigenvalue weighted by Crippen LogP contribution is -2.15. The first kappa shape index (κ1) is 23.1. The van der Waals surface area contributed by atoms with Crippen molar-refractivity contribution >= 4 is 23.5 Å². The van der Waals surface area contributed by atoms with Crippen molar-refractivity contribution in [2.75, 3.05) is 18.9 Å². The average Bonchev–Trinajstić information content (AvgIpc) is 3.36. The number of nitriles is 2. The maximum absolute atomic E-state index is 11.5. The number of amides is 1. The lowest BCUT2D eigenvalue weighted by Gasteiger charge is -2.15. The van der Waals surface area contributed by atoms with Gasteiger partial charge in [0.15, 0.2) is 0 Å². The van der Waals surface area contributed by atoms with Crippen molar-refractivity contribution in [3.63, 3.8) is 0 Å². The van der Waals surface area contributed by atoms with Gasteiger partial charge in [0.05, 0.1) is 18.8 Å². The number of rotatable bonds is 7. The van der Waals surface area contributed by atoms with Crippen molar-refractivity contribution in [2.45, 2.75) is 23.3 Å². The zero-order chi connectivity index (χ0) is 24.1. The van der Waals surface area contributed by atoms with Gasteiger partial charge in [-0.1, -0.05) is 24.3 Å². The molecule has 0 bridgehead atoms. The van der Waals surface area contributed by atoms with Gasteiger partial charge in [-0.05, 0) is 35.4 Å². The first-order chi connectivity index (χ1) is 16.5. The highest BCUT2D eigenvalue weighted by atomic mass is 32.2. The summed E-state index contributed by atoms with van der Waals surface area (Å²) < 4.78 is 11.3. The highest BCUT2D eigenvalue weighted by molar-refractivity contribution is 7.98. The minimum Gasteiger partial charge on any atom is -0.488 e. The molecule has 0 radical (unpaired) electrons. The Bertz CT molecular complexity index is 1310. The predicted octanol–water partition coefficient (Wildman–Crippen LogP) is 3.63. The SMILES string of the molecule is N#Cc1c(N)nc(SCc2cccc(C(N)=O)c2)c(C#N)c1-c1ccc(OC2CCOC2)cc1. The molecule has 1 fully saturated rings. The summed E-state index contributed by atoms with van der Waals surface area (Å²) in [6.45, 7) is 1.24. The van der Waals surface area contributed by atoms with Gasteiger partial charge in [-0.3, -0.25) is 4.79 Å². The number of carbonyl (C=O) groups is 1. The summed E-state index contributed by atoms with van der Waals surface area (Å²) in [7, 11) is 0. The number of nitrogens with two attached hydrogens (primary N) is 2. The van der Waals surface area contributed by atoms with Crippen molar-refractivity contribution < 1.29 is 14.3 Å². The third kappa shape index (κ3) is 4.96. The number of nitrogen functional groups attached to an aromatic ring is 1. The second-order valence-corrected chi connectivity index (χ2v) is 8.60. The minimum atomic E-state index is -0.513. The molecule has 1 unspecified atom stereocenters. The third-order valence-corrected chi connectivity index (χ3v) is 6.38. The zero-order valence-corrected chi connectivity index (χ0v) is 19.0. The molecular formula is C25H21N5O3S. The molecule has 1 aliphatic heterocycles. The van der Waals surface area contributed by atoms with Crippen molar-refractivity contribution in [1.29, 1.82) is 10.5 Å². The Kier molecular flexibility index (Phi) is 6.98. The van der Waals surface area contributed by atoms with Crippen molar-refractivity contribution in [1.82, 2.24) is 4.98 Å². The summed E-state index contributed by atoms with van der Waals surface area (Å²) >= 11 is 1.30. The molecule has 4 rings (SSSR count). The number of ether oxygens (including phenoxy) is 2. The smallest absolute Gasteiger partial charge is 0.248 e. The Balaban J connectivity index is 1.66. The summed E-state index contributed by atoms with van der Waals surface area (Å²) in [5.41, 5.74) is 14.2. The predicted molar refractivity (Wildman–Crippen MR) is 128 cm³/mol. The van der Waals surface area contributed by atoms with Crippen LogP contribution in [-0.2, 0) is 10.5 Å². The largest absolute Gasteiger partial charge is 0.488 e. The summed E-state index contributed by atoms with van der Waals surface area (Å²) in [5, 5.41) is 20.1. The third-order valence-electron chi connectivity index (χ3n) is 5.34. The van der Waals surface area contributed by atoms with Gasteiger partial charge in [0.2, 0.25) is 5.91 Å². The van der Waals surface area contributed by atoms with Gasteiger partial charge in [0.25, 0.3) is 0 Å². The zero-order valence-electron chi connectivity index (χ0n) is 18.2. The van der Waals surface area contributed by atoms with E-state index in [0.29, 0.717) is 46.4 Å². The van der Waals surface area contributed by atoms with Crippen LogP contribution < -0.4 is 16.2 Å². The molecule has 0 saturated carbocycles. The molecule has 170 valence electrons. The van der Waals surface area contributed by atoms with Gasteiger partial charge in [0.1, 0.15) is 40.4 Å². The van der Waals surface area contributed by atoms with E-state index < -0.39 is 5.91 Å². The van der Waals surface area contributed by atoms with Gasteiger partial charge in [-0.25, -0.2) is 4.98 Å². The maximum atomic E-state index is 11.5. The summed E-state index contributed by atoms with van der Waals surface area (Å²) in [6, 6.07) is 18.4. The maximum Gasteiger partial charge on any atom is 0.248 e. The number of nitrogens with zero attached hydrogens (tertiary/aromatic N) is 3. The molecule has 1 atom stereocenters. The molecule has 3 aromatic rings. The second kappa shape index (κ2) is 10.3. The highest BCUT2D eigenvalue weighted by Gasteiger charge is 2.21. The average molecular weight is 472 g/mol. The number of aromatic nitrogens is 1. The van der Waals surface area contributed by atoms with E-state index in [-0.39, 0.29) is 23.0 Å². The van der Waals surface area contributed by atoms with Crippen molar-refractivity contribution in [3.8, 4) is 29.0 Å². The van der Waals surface area contributed by atoms with Crippen LogP contribution in [0.5, 0.6) is 5.75 Å². The van der Waals surface area contributed by atoms with Crippen LogP contribution in [0.25, 0.3) is 11.1 Å². The van der Waals surface area contributed by atoms with E-state index in [9.17, 15) is 15.3 Å². The van der Waals surface area contributed by atoms with Crippen molar-refractivity contribution in [2.24, 2.45) is 5.73 Å². The topological polar surface area (TPSA) is 148 Å². The monoisotopic (exact) mass is 471 g/mol. The molecule has 4 N–H and O–H groups in total. The highest BCUT2D eigenvalue weighted by Crippen LogP contribution is 2.37. The van der Waals surface area contributed by atoms with Crippen molar-refractivity contribution in [3.05, 3.63) is 70.8 Å². The Morgan fingerprint density at radius 3 is 2.59 bits per heavy atom. The molecular weight excluding hydrogens is 450 g/mol. The van der Waals surface area contributed by atoms with E-state index in [4.69, 9.17) is 20.9 Å². The minimum absolute atomic E-state index is 0.0165. The molecule has 0 aliphatic carbocycles. The molecule has 2 heterocycles. The Hall–Kier alpha value is -4.05. The Morgan fingerprint density at radius 1 is 1.18 bits per heavy atom. The van der Waals surface area contributed by atoms with Gasteiger partial charge in [-0.2, -0.15) is 10.5 Å². The molecule has 1 amide bonds. The molecule has 9 heteroatoms. The molecule has 1 saturated heterocycles. The number of hydrogen-bond acceptors (Lipinski definition) is 8. The van der Waals surface area contributed by atoms with E-state index in [1.54, 1.807) is 42.5 Å². The van der Waals surface area contributed by atoms with E-state index in [2.05, 4.69) is 17.1 Å². The fourth-order valence-corrected chi connectivity index (χ4v) is 4.59. The fourth-order valence-electron chi connectivity index (χ4n) is 3.66. The van der Waals surface area contributed by atoms with Crippen LogP contribution in [0.3, 0.4) is 0 Å². The first-order valence-electron chi connectivity index (χ1n) is 10.5. The number of carbonyl (C=O) groups excluding carboxylic acids is 1. The summed E-state index contributed by atoms with van der Waals surface area (Å²) in [6.07, 6.45) is 0.853. The Morgan fingerprint density at radius 2 is 1.94 bits per heavy atom. The van der Waals surface area contributed by atoms with E-state index in [1.807, 2.05) is 6.07 Å². The van der Waals surface area contributed by atoms with Crippen LogP contribution in [0.15, 0.2) is 53.6 Å².